The molecule has 1 heterocycles. The smallest absolute Gasteiger partial charge is 0.274 e. The average Bonchev–Trinajstić information content (AvgIpc) is 2.87. The zero-order valence-corrected chi connectivity index (χ0v) is 12.2. The number of rotatable bonds is 5. The highest BCUT2D eigenvalue weighted by atomic mass is 79.9. The topological polar surface area (TPSA) is 79.5 Å². The van der Waals surface area contributed by atoms with E-state index in [1.807, 2.05) is 24.3 Å². The molecule has 0 saturated heterocycles. The summed E-state index contributed by atoms with van der Waals surface area (Å²) in [6.45, 7) is -0.182. The van der Waals surface area contributed by atoms with Crippen LogP contribution in [0.3, 0.4) is 0 Å². The van der Waals surface area contributed by atoms with E-state index in [1.54, 1.807) is 0 Å². The van der Waals surface area contributed by atoms with Crippen molar-refractivity contribution in [3.05, 3.63) is 52.2 Å². The molecule has 0 saturated carbocycles. The van der Waals surface area contributed by atoms with E-state index >= 15 is 0 Å². The van der Waals surface area contributed by atoms with Gasteiger partial charge in [0.05, 0.1) is 0 Å². The lowest BCUT2D eigenvalue weighted by Crippen LogP contribution is -2.23. The number of nitrogens with one attached hydrogen (secondary N) is 1. The molecule has 1 aromatic carbocycles. The Kier molecular flexibility index (Phi) is 4.41. The van der Waals surface area contributed by atoms with Crippen molar-refractivity contribution in [1.29, 1.82) is 0 Å². The lowest BCUT2D eigenvalue weighted by atomic mass is 10.2. The normalized spacial score (nSPS) is 11.7. The summed E-state index contributed by atoms with van der Waals surface area (Å²) >= 11 is 3.34. The fourth-order valence-electron chi connectivity index (χ4n) is 1.47. The van der Waals surface area contributed by atoms with Gasteiger partial charge in [-0.25, -0.2) is 13.1 Å². The Balaban J connectivity index is 2.12. The molecule has 0 amide bonds. The molecule has 0 bridgehead atoms. The molecule has 0 fully saturated rings. The molecule has 0 aliphatic heterocycles. The van der Waals surface area contributed by atoms with Crippen molar-refractivity contribution in [2.75, 3.05) is 0 Å². The molecule has 0 unspecified atom stereocenters. The summed E-state index contributed by atoms with van der Waals surface area (Å²) in [6.07, 6.45) is 0. The number of halogens is 1. The highest BCUT2D eigenvalue weighted by Gasteiger charge is 2.18. The molecule has 7 heteroatoms. The van der Waals surface area contributed by atoms with Gasteiger partial charge in [0.1, 0.15) is 12.4 Å². The maximum Gasteiger partial charge on any atom is 0.274 e. The zero-order valence-electron chi connectivity index (χ0n) is 9.84. The van der Waals surface area contributed by atoms with E-state index in [4.69, 9.17) is 9.52 Å². The number of hydrogen-bond acceptors (Lipinski definition) is 4. The first-order valence-electron chi connectivity index (χ1n) is 5.45. The van der Waals surface area contributed by atoms with Crippen LogP contribution in [0.15, 0.2) is 50.4 Å². The predicted molar refractivity (Wildman–Crippen MR) is 72.8 cm³/mol. The van der Waals surface area contributed by atoms with Crippen LogP contribution in [-0.4, -0.2) is 13.5 Å². The summed E-state index contributed by atoms with van der Waals surface area (Å²) in [7, 11) is -3.71. The van der Waals surface area contributed by atoms with Crippen molar-refractivity contribution in [1.82, 2.24) is 4.72 Å². The van der Waals surface area contributed by atoms with E-state index in [0.29, 0.717) is 0 Å². The monoisotopic (exact) mass is 345 g/mol. The molecule has 2 rings (SSSR count). The second kappa shape index (κ2) is 5.87. The number of aliphatic hydroxyl groups is 1. The first kappa shape index (κ1) is 14.3. The van der Waals surface area contributed by atoms with Crippen LogP contribution in [0, 0.1) is 0 Å². The minimum Gasteiger partial charge on any atom is -0.446 e. The molecule has 2 aromatic rings. The molecular formula is C12H12BrNO4S. The average molecular weight is 346 g/mol. The first-order valence-corrected chi connectivity index (χ1v) is 7.73. The van der Waals surface area contributed by atoms with Gasteiger partial charge >= 0.3 is 0 Å². The summed E-state index contributed by atoms with van der Waals surface area (Å²) in [5, 5.41) is 8.64. The quantitative estimate of drug-likeness (QED) is 0.868. The van der Waals surface area contributed by atoms with Crippen molar-refractivity contribution < 1.29 is 17.9 Å². The van der Waals surface area contributed by atoms with E-state index in [1.165, 1.54) is 12.1 Å². The van der Waals surface area contributed by atoms with Gasteiger partial charge in [-0.3, -0.25) is 0 Å². The minimum atomic E-state index is -3.71. The summed E-state index contributed by atoms with van der Waals surface area (Å²) in [6, 6.07) is 10.1. The third-order valence-electron chi connectivity index (χ3n) is 2.47. The number of furan rings is 1. The maximum absolute atomic E-state index is 11.9. The Morgan fingerprint density at radius 3 is 2.58 bits per heavy atom. The molecule has 0 spiro atoms. The molecule has 5 nitrogen and oxygen atoms in total. The molecule has 0 radical (unpaired) electrons. The van der Waals surface area contributed by atoms with Crippen molar-refractivity contribution in [2.45, 2.75) is 18.2 Å². The van der Waals surface area contributed by atoms with Crippen molar-refractivity contribution in [3.63, 3.8) is 0 Å². The van der Waals surface area contributed by atoms with Gasteiger partial charge in [0.15, 0.2) is 0 Å². The van der Waals surface area contributed by atoms with Crippen molar-refractivity contribution in [2.24, 2.45) is 0 Å². The van der Waals surface area contributed by atoms with Gasteiger partial charge in [0.2, 0.25) is 5.09 Å². The number of sulfonamides is 1. The molecule has 19 heavy (non-hydrogen) atoms. The lowest BCUT2D eigenvalue weighted by Gasteiger charge is -2.06. The lowest BCUT2D eigenvalue weighted by molar-refractivity contribution is 0.236. The molecule has 0 aliphatic carbocycles. The van der Waals surface area contributed by atoms with Crippen LogP contribution in [-0.2, 0) is 23.2 Å². The van der Waals surface area contributed by atoms with Gasteiger partial charge in [0.25, 0.3) is 10.0 Å². The summed E-state index contributed by atoms with van der Waals surface area (Å²) in [5.74, 6) is 0.210. The van der Waals surface area contributed by atoms with Gasteiger partial charge in [-0.05, 0) is 23.8 Å². The van der Waals surface area contributed by atoms with Gasteiger partial charge in [-0.1, -0.05) is 34.1 Å². The Labute approximate surface area is 119 Å². The second-order valence-corrected chi connectivity index (χ2v) is 6.35. The highest BCUT2D eigenvalue weighted by Crippen LogP contribution is 2.18. The van der Waals surface area contributed by atoms with Crippen LogP contribution >= 0.6 is 15.9 Å². The van der Waals surface area contributed by atoms with Gasteiger partial charge < -0.3 is 9.52 Å². The number of aliphatic hydroxyl groups excluding tert-OH is 1. The van der Waals surface area contributed by atoms with Crippen LogP contribution in [0.2, 0.25) is 0 Å². The Bertz CT molecular complexity index is 666. The van der Waals surface area contributed by atoms with Crippen molar-refractivity contribution in [3.8, 4) is 0 Å². The molecule has 1 aromatic heterocycles. The van der Waals surface area contributed by atoms with Crippen LogP contribution in [0.5, 0.6) is 0 Å². The maximum atomic E-state index is 11.9. The van der Waals surface area contributed by atoms with Gasteiger partial charge in [-0.15, -0.1) is 0 Å². The highest BCUT2D eigenvalue weighted by molar-refractivity contribution is 9.10. The minimum absolute atomic E-state index is 0.152. The van der Waals surface area contributed by atoms with Crippen LogP contribution in [0.25, 0.3) is 0 Å². The third kappa shape index (κ3) is 3.44. The summed E-state index contributed by atoms with van der Waals surface area (Å²) in [4.78, 5) is 0. The Morgan fingerprint density at radius 1 is 1.21 bits per heavy atom. The van der Waals surface area contributed by atoms with E-state index in [9.17, 15) is 8.42 Å². The van der Waals surface area contributed by atoms with Crippen LogP contribution in [0.4, 0.5) is 0 Å². The number of benzene rings is 1. The molecule has 2 N–H and O–H groups in total. The molecular weight excluding hydrogens is 334 g/mol. The van der Waals surface area contributed by atoms with E-state index in [0.717, 1.165) is 10.0 Å². The summed E-state index contributed by atoms with van der Waals surface area (Å²) in [5.41, 5.74) is 0.819. The van der Waals surface area contributed by atoms with Gasteiger partial charge in [0, 0.05) is 11.0 Å². The third-order valence-corrected chi connectivity index (χ3v) is 4.52. The number of hydrogen-bond donors (Lipinski definition) is 2. The standard InChI is InChI=1S/C12H12BrNO4S/c13-11-4-2-1-3-9(11)7-14-19(16,17)12-6-5-10(8-15)18-12/h1-6,14-15H,7-8H2. The van der Waals surface area contributed by atoms with E-state index < -0.39 is 10.0 Å². The molecule has 0 aliphatic rings. The Hall–Kier alpha value is -1.15. The largest absolute Gasteiger partial charge is 0.446 e. The van der Waals surface area contributed by atoms with Crippen LogP contribution < -0.4 is 4.72 Å². The van der Waals surface area contributed by atoms with E-state index in [2.05, 4.69) is 20.7 Å². The SMILES string of the molecule is O=S(=O)(NCc1ccccc1Br)c1ccc(CO)o1. The Morgan fingerprint density at radius 2 is 1.95 bits per heavy atom. The summed E-state index contributed by atoms with van der Waals surface area (Å²) < 4.78 is 32.2. The predicted octanol–water partition coefficient (Wildman–Crippen LogP) is 2.01. The second-order valence-electron chi connectivity index (χ2n) is 3.79. The van der Waals surface area contributed by atoms with E-state index in [-0.39, 0.29) is 24.0 Å². The van der Waals surface area contributed by atoms with Crippen molar-refractivity contribution >= 4 is 26.0 Å². The molecule has 102 valence electrons. The van der Waals surface area contributed by atoms with Gasteiger partial charge in [-0.2, -0.15) is 0 Å². The fraction of sp³-hybridized carbons (Fsp3) is 0.167. The van der Waals surface area contributed by atoms with Crippen LogP contribution in [0.1, 0.15) is 11.3 Å². The first-order chi connectivity index (χ1) is 9.03. The zero-order chi connectivity index (χ0) is 13.9. The fourth-order valence-corrected chi connectivity index (χ4v) is 2.85. The molecule has 0 atom stereocenters.